The summed E-state index contributed by atoms with van der Waals surface area (Å²) in [4.78, 5) is 12.9. The summed E-state index contributed by atoms with van der Waals surface area (Å²) >= 11 is 8.82. The molecule has 0 fully saturated rings. The maximum absolute atomic E-state index is 12.4. The van der Waals surface area contributed by atoms with Crippen LogP contribution in [0.2, 0.25) is 5.02 Å². The van der Waals surface area contributed by atoms with Gasteiger partial charge in [0.05, 0.1) is 0 Å². The molecule has 19 heavy (non-hydrogen) atoms. The number of hydrogen-bond donors (Lipinski definition) is 0. The van der Waals surface area contributed by atoms with E-state index in [4.69, 9.17) is 11.6 Å². The van der Waals surface area contributed by atoms with Gasteiger partial charge in [-0.1, -0.05) is 33.6 Å². The Morgan fingerprint density at radius 1 is 1.42 bits per heavy atom. The van der Waals surface area contributed by atoms with E-state index < -0.39 is 18.6 Å². The number of benzene rings is 1. The van der Waals surface area contributed by atoms with Crippen LogP contribution in [0.5, 0.6) is 0 Å². The van der Waals surface area contributed by atoms with Crippen LogP contribution in [0, 0.1) is 6.92 Å². The normalized spacial score (nSPS) is 11.5. The summed E-state index contributed by atoms with van der Waals surface area (Å²) in [6.45, 7) is 0.358. The smallest absolute Gasteiger partial charge is 0.329 e. The van der Waals surface area contributed by atoms with Crippen molar-refractivity contribution in [2.45, 2.75) is 13.1 Å². The van der Waals surface area contributed by atoms with Crippen molar-refractivity contribution in [1.82, 2.24) is 4.90 Å². The lowest BCUT2D eigenvalue weighted by Gasteiger charge is -2.24. The van der Waals surface area contributed by atoms with E-state index in [1.54, 1.807) is 19.1 Å². The van der Waals surface area contributed by atoms with Gasteiger partial charge in [-0.25, -0.2) is 0 Å². The fourth-order valence-corrected chi connectivity index (χ4v) is 2.17. The van der Waals surface area contributed by atoms with E-state index in [-0.39, 0.29) is 17.4 Å². The standard InChI is InChI=1S/C12H12BrClF3NO/c1-8-2-3-9(14)6-10(8)11(19)18(5-4-13)7-12(15,16)17/h2-3,6H,4-5,7H2,1H3. The number of carbonyl (C=O) groups excluding carboxylic acids is 1. The van der Waals surface area contributed by atoms with Gasteiger partial charge in [-0.15, -0.1) is 0 Å². The van der Waals surface area contributed by atoms with E-state index in [0.717, 1.165) is 4.90 Å². The first-order valence-electron chi connectivity index (χ1n) is 5.42. The third-order valence-electron chi connectivity index (χ3n) is 2.44. The second-order valence-corrected chi connectivity index (χ2v) is 5.22. The molecule has 7 heteroatoms. The van der Waals surface area contributed by atoms with Gasteiger partial charge in [0.1, 0.15) is 6.54 Å². The Hall–Kier alpha value is -0.750. The molecule has 0 aliphatic carbocycles. The Labute approximate surface area is 122 Å². The molecule has 0 N–H and O–H groups in total. The van der Waals surface area contributed by atoms with E-state index in [1.165, 1.54) is 6.07 Å². The van der Waals surface area contributed by atoms with E-state index in [9.17, 15) is 18.0 Å². The molecule has 2 nitrogen and oxygen atoms in total. The first-order chi connectivity index (χ1) is 8.74. The molecule has 0 aliphatic rings. The number of hydrogen-bond acceptors (Lipinski definition) is 1. The van der Waals surface area contributed by atoms with Gasteiger partial charge in [-0.05, 0) is 24.6 Å². The van der Waals surface area contributed by atoms with Crippen molar-refractivity contribution < 1.29 is 18.0 Å². The maximum atomic E-state index is 12.4. The SMILES string of the molecule is Cc1ccc(Cl)cc1C(=O)N(CCBr)CC(F)(F)F. The van der Waals surface area contributed by atoms with E-state index >= 15 is 0 Å². The first kappa shape index (κ1) is 16.3. The van der Waals surface area contributed by atoms with Crippen molar-refractivity contribution in [1.29, 1.82) is 0 Å². The summed E-state index contributed by atoms with van der Waals surface area (Å²) < 4.78 is 37.3. The third-order valence-corrected chi connectivity index (χ3v) is 3.03. The number of amides is 1. The van der Waals surface area contributed by atoms with Gasteiger partial charge < -0.3 is 4.90 Å². The van der Waals surface area contributed by atoms with E-state index in [2.05, 4.69) is 15.9 Å². The second-order valence-electron chi connectivity index (χ2n) is 3.99. The molecule has 0 unspecified atom stereocenters. The lowest BCUT2D eigenvalue weighted by molar-refractivity contribution is -0.140. The van der Waals surface area contributed by atoms with Crippen LogP contribution in [-0.2, 0) is 0 Å². The van der Waals surface area contributed by atoms with Gasteiger partial charge >= 0.3 is 6.18 Å². The molecule has 0 aliphatic heterocycles. The summed E-state index contributed by atoms with van der Waals surface area (Å²) in [5, 5.41) is 0.591. The molecule has 1 rings (SSSR count). The van der Waals surface area contributed by atoms with E-state index in [1.807, 2.05) is 0 Å². The maximum Gasteiger partial charge on any atom is 0.406 e. The average molecular weight is 359 g/mol. The lowest BCUT2D eigenvalue weighted by Crippen LogP contribution is -2.40. The topological polar surface area (TPSA) is 20.3 Å². The molecule has 0 heterocycles. The molecule has 1 amide bonds. The molecule has 0 aromatic heterocycles. The van der Waals surface area contributed by atoms with Gasteiger partial charge in [0.2, 0.25) is 0 Å². The molecule has 0 bridgehead atoms. The summed E-state index contributed by atoms with van der Waals surface area (Å²) in [7, 11) is 0. The van der Waals surface area contributed by atoms with Crippen molar-refractivity contribution in [2.24, 2.45) is 0 Å². The number of rotatable bonds is 4. The molecular weight excluding hydrogens is 346 g/mol. The summed E-state index contributed by atoms with van der Waals surface area (Å²) in [5.74, 6) is -0.670. The second kappa shape index (κ2) is 6.61. The van der Waals surface area contributed by atoms with Crippen LogP contribution >= 0.6 is 27.5 Å². The molecule has 1 aromatic carbocycles. The average Bonchev–Trinajstić information content (AvgIpc) is 2.29. The number of aryl methyl sites for hydroxylation is 1. The summed E-state index contributed by atoms with van der Waals surface area (Å²) in [6, 6.07) is 4.58. The van der Waals surface area contributed by atoms with Crippen LogP contribution in [0.1, 0.15) is 15.9 Å². The highest BCUT2D eigenvalue weighted by Crippen LogP contribution is 2.21. The van der Waals surface area contributed by atoms with Gasteiger partial charge in [0, 0.05) is 22.5 Å². The van der Waals surface area contributed by atoms with Crippen LogP contribution in [0.4, 0.5) is 13.2 Å². The lowest BCUT2D eigenvalue weighted by atomic mass is 10.1. The summed E-state index contributed by atoms with van der Waals surface area (Å²) in [6.07, 6.45) is -4.43. The van der Waals surface area contributed by atoms with Crippen molar-refractivity contribution >= 4 is 33.4 Å². The Balaban J connectivity index is 3.02. The minimum atomic E-state index is -4.43. The van der Waals surface area contributed by atoms with Crippen molar-refractivity contribution in [3.63, 3.8) is 0 Å². The molecular formula is C12H12BrClF3NO. The van der Waals surface area contributed by atoms with Crippen LogP contribution < -0.4 is 0 Å². The highest BCUT2D eigenvalue weighted by atomic mass is 79.9. The fourth-order valence-electron chi connectivity index (χ4n) is 1.57. The quantitative estimate of drug-likeness (QED) is 0.744. The monoisotopic (exact) mass is 357 g/mol. The fraction of sp³-hybridized carbons (Fsp3) is 0.417. The van der Waals surface area contributed by atoms with E-state index in [0.29, 0.717) is 10.6 Å². The number of carbonyl (C=O) groups is 1. The van der Waals surface area contributed by atoms with Crippen molar-refractivity contribution in [3.8, 4) is 0 Å². The van der Waals surface area contributed by atoms with Crippen LogP contribution in [0.25, 0.3) is 0 Å². The zero-order chi connectivity index (χ0) is 14.6. The molecule has 1 aromatic rings. The van der Waals surface area contributed by atoms with Crippen molar-refractivity contribution in [3.05, 3.63) is 34.3 Å². The van der Waals surface area contributed by atoms with Crippen LogP contribution in [0.3, 0.4) is 0 Å². The highest BCUT2D eigenvalue weighted by molar-refractivity contribution is 9.09. The molecule has 0 spiro atoms. The van der Waals surface area contributed by atoms with Gasteiger partial charge in [0.25, 0.3) is 5.91 Å². The predicted octanol–water partition coefficient (Wildman–Crippen LogP) is 4.05. The van der Waals surface area contributed by atoms with Gasteiger partial charge in [0.15, 0.2) is 0 Å². The van der Waals surface area contributed by atoms with Crippen LogP contribution in [0.15, 0.2) is 18.2 Å². The minimum absolute atomic E-state index is 0.0235. The molecule has 0 atom stereocenters. The first-order valence-corrected chi connectivity index (χ1v) is 6.92. The summed E-state index contributed by atoms with van der Waals surface area (Å²) in [5.41, 5.74) is 0.786. The third kappa shape index (κ3) is 5.03. The molecule has 106 valence electrons. The Bertz CT molecular complexity index is 465. The number of alkyl halides is 4. The number of nitrogens with zero attached hydrogens (tertiary/aromatic N) is 1. The Morgan fingerprint density at radius 2 is 2.05 bits per heavy atom. The predicted molar refractivity (Wildman–Crippen MR) is 71.9 cm³/mol. The highest BCUT2D eigenvalue weighted by Gasteiger charge is 2.33. The molecule has 0 saturated carbocycles. The zero-order valence-corrected chi connectivity index (χ0v) is 12.4. The van der Waals surface area contributed by atoms with Gasteiger partial charge in [-0.2, -0.15) is 13.2 Å². The van der Waals surface area contributed by atoms with Gasteiger partial charge in [-0.3, -0.25) is 4.79 Å². The molecule has 0 saturated heterocycles. The minimum Gasteiger partial charge on any atom is -0.329 e. The largest absolute Gasteiger partial charge is 0.406 e. The van der Waals surface area contributed by atoms with Crippen molar-refractivity contribution in [2.75, 3.05) is 18.4 Å². The van der Waals surface area contributed by atoms with Crippen LogP contribution in [-0.4, -0.2) is 35.4 Å². The Morgan fingerprint density at radius 3 is 2.58 bits per heavy atom. The Kier molecular flexibility index (Phi) is 5.67. The zero-order valence-electron chi connectivity index (χ0n) is 10.1. The number of halogens is 5. The molecule has 0 radical (unpaired) electrons.